The second-order valence-corrected chi connectivity index (χ2v) is 11.0. The van der Waals surface area contributed by atoms with E-state index < -0.39 is 12.1 Å². The van der Waals surface area contributed by atoms with Gasteiger partial charge in [0.1, 0.15) is 11.2 Å². The van der Waals surface area contributed by atoms with Gasteiger partial charge in [0, 0.05) is 24.5 Å². The Bertz CT molecular complexity index is 1560. The van der Waals surface area contributed by atoms with E-state index in [2.05, 4.69) is 39.8 Å². The lowest BCUT2D eigenvalue weighted by Crippen LogP contribution is -2.38. The third-order valence-electron chi connectivity index (χ3n) is 6.98. The molecule has 1 aromatic heterocycles. The predicted octanol–water partition coefficient (Wildman–Crippen LogP) is 6.04. The number of hydrogen-bond donors (Lipinski definition) is 2. The number of nitrogens with zero attached hydrogens (tertiary/aromatic N) is 1. The summed E-state index contributed by atoms with van der Waals surface area (Å²) in [6, 6.07) is 22.4. The van der Waals surface area contributed by atoms with Gasteiger partial charge in [0.15, 0.2) is 11.5 Å². The average molecular weight is 560 g/mol. The molecule has 0 spiro atoms. The number of benzene rings is 3. The molecule has 0 fully saturated rings. The molecule has 1 atom stereocenters. The van der Waals surface area contributed by atoms with E-state index in [0.717, 1.165) is 47.7 Å². The number of esters is 1. The number of fused-ring (bicyclic) bond motifs is 3. The average Bonchev–Trinajstić information content (AvgIpc) is 3.32. The Balaban J connectivity index is 1.19. The van der Waals surface area contributed by atoms with Crippen molar-refractivity contribution >= 4 is 39.8 Å². The van der Waals surface area contributed by atoms with Crippen molar-refractivity contribution in [2.24, 2.45) is 0 Å². The van der Waals surface area contributed by atoms with Crippen molar-refractivity contribution in [3.8, 4) is 11.5 Å². The van der Waals surface area contributed by atoms with E-state index in [1.54, 1.807) is 53.8 Å². The van der Waals surface area contributed by atoms with Gasteiger partial charge in [-0.1, -0.05) is 60.1 Å². The first-order chi connectivity index (χ1) is 19.0. The van der Waals surface area contributed by atoms with E-state index in [4.69, 9.17) is 21.1 Å². The Labute approximate surface area is 235 Å². The molecule has 2 N–H and O–H groups in total. The monoisotopic (exact) mass is 559 g/mol. The summed E-state index contributed by atoms with van der Waals surface area (Å²) in [6.07, 6.45) is 0.389. The molecule has 2 aliphatic rings. The molecule has 1 amide bonds. The maximum Gasteiger partial charge on any atom is 0.345 e. The minimum absolute atomic E-state index is 0.0871. The summed E-state index contributed by atoms with van der Waals surface area (Å²) in [5.74, 6) is -0.0299. The first-order valence-electron chi connectivity index (χ1n) is 12.6. The maximum atomic E-state index is 13.3. The Kier molecular flexibility index (Phi) is 6.99. The quantitative estimate of drug-likeness (QED) is 0.221. The molecule has 7 nitrogen and oxygen atoms in total. The molecule has 198 valence electrons. The second kappa shape index (κ2) is 10.7. The molecule has 0 radical (unpaired) electrons. The summed E-state index contributed by atoms with van der Waals surface area (Å²) in [5.41, 5.74) is 4.22. The van der Waals surface area contributed by atoms with Crippen LogP contribution in [0.5, 0.6) is 11.5 Å². The molecule has 2 aliphatic heterocycles. The molecule has 0 saturated heterocycles. The molecule has 3 heterocycles. The highest BCUT2D eigenvalue weighted by atomic mass is 35.5. The van der Waals surface area contributed by atoms with E-state index in [9.17, 15) is 9.59 Å². The summed E-state index contributed by atoms with van der Waals surface area (Å²) in [5, 5.41) is 7.77. The van der Waals surface area contributed by atoms with Crippen LogP contribution in [0.25, 0.3) is 0 Å². The lowest BCUT2D eigenvalue weighted by Gasteiger charge is -2.29. The van der Waals surface area contributed by atoms with Gasteiger partial charge in [0.25, 0.3) is 5.91 Å². The summed E-state index contributed by atoms with van der Waals surface area (Å²) < 4.78 is 11.1. The van der Waals surface area contributed by atoms with Gasteiger partial charge in [0.2, 0.25) is 0 Å². The number of halogens is 1. The highest BCUT2D eigenvalue weighted by Gasteiger charge is 2.33. The van der Waals surface area contributed by atoms with Crippen molar-refractivity contribution in [3.63, 3.8) is 0 Å². The fourth-order valence-corrected chi connectivity index (χ4v) is 6.57. The molecule has 39 heavy (non-hydrogen) atoms. The Morgan fingerprint density at radius 3 is 2.64 bits per heavy atom. The molecule has 3 aromatic carbocycles. The van der Waals surface area contributed by atoms with Crippen LogP contribution in [0.15, 0.2) is 72.8 Å². The van der Waals surface area contributed by atoms with Crippen LogP contribution in [0.4, 0.5) is 5.00 Å². The molecule has 0 bridgehead atoms. The maximum absolute atomic E-state index is 13.3. The lowest BCUT2D eigenvalue weighted by atomic mass is 10.00. The van der Waals surface area contributed by atoms with Crippen molar-refractivity contribution in [1.29, 1.82) is 0 Å². The fourth-order valence-electron chi connectivity index (χ4n) is 5.04. The summed E-state index contributed by atoms with van der Waals surface area (Å²) in [7, 11) is 1.51. The molecule has 0 saturated carbocycles. The number of carbonyl (C=O) groups excluding carboxylic acids is 2. The van der Waals surface area contributed by atoms with Crippen LogP contribution in [-0.2, 0) is 19.5 Å². The molecular formula is C30H26ClN3O4S. The smallest absolute Gasteiger partial charge is 0.345 e. The zero-order chi connectivity index (χ0) is 26.9. The van der Waals surface area contributed by atoms with Gasteiger partial charge in [-0.15, -0.1) is 11.3 Å². The standard InChI is InChI=1S/C30H26ClN3O4S/c1-37-24-15-19(11-12-23(24)38-30(36)20-9-5-6-10-22(20)31)27-32-28(35)26-21-13-14-34(16-18-7-3-2-4-8-18)17-25(21)39-29(26)33-27/h2-12,15,27,33H,13-14,16-17H2,1H3,(H,32,35). The molecule has 1 unspecified atom stereocenters. The number of thiophene rings is 1. The third-order valence-corrected chi connectivity index (χ3v) is 8.46. The van der Waals surface area contributed by atoms with Crippen molar-refractivity contribution in [1.82, 2.24) is 10.2 Å². The van der Waals surface area contributed by atoms with Crippen LogP contribution in [0, 0.1) is 0 Å². The summed E-state index contributed by atoms with van der Waals surface area (Å²) >= 11 is 7.79. The largest absolute Gasteiger partial charge is 0.493 e. The van der Waals surface area contributed by atoms with Crippen molar-refractivity contribution < 1.29 is 19.1 Å². The van der Waals surface area contributed by atoms with Crippen LogP contribution in [-0.4, -0.2) is 30.4 Å². The number of amides is 1. The van der Waals surface area contributed by atoms with Crippen LogP contribution < -0.4 is 20.1 Å². The van der Waals surface area contributed by atoms with Gasteiger partial charge in [0.05, 0.1) is 23.3 Å². The minimum Gasteiger partial charge on any atom is -0.493 e. The normalized spacial score (nSPS) is 16.5. The highest BCUT2D eigenvalue weighted by Crippen LogP contribution is 2.42. The topological polar surface area (TPSA) is 79.9 Å². The summed E-state index contributed by atoms with van der Waals surface area (Å²) in [4.78, 5) is 29.6. The predicted molar refractivity (Wildman–Crippen MR) is 152 cm³/mol. The fraction of sp³-hybridized carbons (Fsp3) is 0.200. The van der Waals surface area contributed by atoms with E-state index >= 15 is 0 Å². The molecule has 6 rings (SSSR count). The van der Waals surface area contributed by atoms with Crippen LogP contribution in [0.3, 0.4) is 0 Å². The number of anilines is 1. The van der Waals surface area contributed by atoms with Gasteiger partial charge < -0.3 is 20.1 Å². The van der Waals surface area contributed by atoms with E-state index in [-0.39, 0.29) is 17.2 Å². The first kappa shape index (κ1) is 25.4. The highest BCUT2D eigenvalue weighted by molar-refractivity contribution is 7.16. The Hall–Kier alpha value is -3.85. The number of methoxy groups -OCH3 is 1. The molecular weight excluding hydrogens is 534 g/mol. The zero-order valence-corrected chi connectivity index (χ0v) is 22.8. The van der Waals surface area contributed by atoms with Crippen LogP contribution in [0.2, 0.25) is 5.02 Å². The van der Waals surface area contributed by atoms with Crippen molar-refractivity contribution in [2.45, 2.75) is 25.7 Å². The van der Waals surface area contributed by atoms with Gasteiger partial charge in [-0.05, 0) is 47.4 Å². The Morgan fingerprint density at radius 2 is 1.85 bits per heavy atom. The summed E-state index contributed by atoms with van der Waals surface area (Å²) in [6.45, 7) is 2.62. The van der Waals surface area contributed by atoms with E-state index in [1.165, 1.54) is 17.6 Å². The number of ether oxygens (including phenoxy) is 2. The molecule has 9 heteroatoms. The number of carbonyl (C=O) groups is 2. The number of nitrogens with one attached hydrogen (secondary N) is 2. The second-order valence-electron chi connectivity index (χ2n) is 9.48. The molecule has 0 aliphatic carbocycles. The van der Waals surface area contributed by atoms with E-state index in [1.807, 2.05) is 6.07 Å². The first-order valence-corrected chi connectivity index (χ1v) is 13.8. The Morgan fingerprint density at radius 1 is 1.05 bits per heavy atom. The van der Waals surface area contributed by atoms with Gasteiger partial charge in [-0.3, -0.25) is 9.69 Å². The third kappa shape index (κ3) is 5.11. The SMILES string of the molecule is COc1cc(C2NC(=O)c3c(sc4c3CCN(Cc3ccccc3)C4)N2)ccc1OC(=O)c1ccccc1Cl. The van der Waals surface area contributed by atoms with Crippen LogP contribution >= 0.6 is 22.9 Å². The number of rotatable bonds is 6. The lowest BCUT2D eigenvalue weighted by molar-refractivity contribution is 0.0729. The van der Waals surface area contributed by atoms with Crippen molar-refractivity contribution in [3.05, 3.63) is 111 Å². The van der Waals surface area contributed by atoms with Gasteiger partial charge >= 0.3 is 5.97 Å². The van der Waals surface area contributed by atoms with Crippen molar-refractivity contribution in [2.75, 3.05) is 19.0 Å². The van der Waals surface area contributed by atoms with Gasteiger partial charge in [-0.2, -0.15) is 0 Å². The molecule has 4 aromatic rings. The minimum atomic E-state index is -0.578. The van der Waals surface area contributed by atoms with Gasteiger partial charge in [-0.25, -0.2) is 4.79 Å². The van der Waals surface area contributed by atoms with Crippen LogP contribution in [0.1, 0.15) is 48.4 Å². The van der Waals surface area contributed by atoms with E-state index in [0.29, 0.717) is 10.8 Å². The zero-order valence-electron chi connectivity index (χ0n) is 21.2. The number of hydrogen-bond acceptors (Lipinski definition) is 7.